The second-order valence-electron chi connectivity index (χ2n) is 3.83. The van der Waals surface area contributed by atoms with Gasteiger partial charge in [-0.25, -0.2) is 0 Å². The van der Waals surface area contributed by atoms with Crippen molar-refractivity contribution in [2.24, 2.45) is 0 Å². The lowest BCUT2D eigenvalue weighted by Gasteiger charge is -2.14. The van der Waals surface area contributed by atoms with Crippen molar-refractivity contribution in [2.45, 2.75) is 32.5 Å². The van der Waals surface area contributed by atoms with E-state index in [1.54, 1.807) is 0 Å². The average molecular weight is 279 g/mol. The molecule has 102 valence electrons. The van der Waals surface area contributed by atoms with Crippen molar-refractivity contribution >= 4 is 17.6 Å². The van der Waals surface area contributed by atoms with E-state index in [0.717, 1.165) is 24.0 Å². The summed E-state index contributed by atoms with van der Waals surface area (Å²) in [6, 6.07) is 2.40. The van der Waals surface area contributed by atoms with Crippen molar-refractivity contribution < 1.29 is 13.2 Å². The Morgan fingerprint density at radius 3 is 2.56 bits per heavy atom. The summed E-state index contributed by atoms with van der Waals surface area (Å²) in [6.45, 7) is 4.06. The van der Waals surface area contributed by atoms with Gasteiger partial charge in [-0.1, -0.05) is 6.92 Å². The molecule has 0 spiro atoms. The predicted molar refractivity (Wildman–Crippen MR) is 67.7 cm³/mol. The van der Waals surface area contributed by atoms with Crippen LogP contribution in [0.5, 0.6) is 0 Å². The largest absolute Gasteiger partial charge is 0.435 e. The van der Waals surface area contributed by atoms with Crippen LogP contribution in [0, 0.1) is 0 Å². The smallest absolute Gasteiger partial charge is 0.366 e. The molecule has 0 aromatic carbocycles. The van der Waals surface area contributed by atoms with Gasteiger partial charge < -0.3 is 5.32 Å². The lowest BCUT2D eigenvalue weighted by molar-refractivity contribution is -0.141. The van der Waals surface area contributed by atoms with Crippen LogP contribution in [0.25, 0.3) is 0 Å². The van der Waals surface area contributed by atoms with Crippen molar-refractivity contribution in [3.63, 3.8) is 0 Å². The molecule has 0 saturated heterocycles. The molecule has 1 unspecified atom stereocenters. The Kier molecular flexibility index (Phi) is 5.71. The Bertz CT molecular complexity index is 354. The highest BCUT2D eigenvalue weighted by Gasteiger charge is 2.32. The number of aromatic nitrogens is 2. The van der Waals surface area contributed by atoms with Crippen LogP contribution in [-0.4, -0.2) is 27.7 Å². The van der Waals surface area contributed by atoms with E-state index in [1.165, 1.54) is 6.07 Å². The van der Waals surface area contributed by atoms with E-state index in [-0.39, 0.29) is 6.04 Å². The molecule has 0 bridgehead atoms. The first kappa shape index (κ1) is 15.1. The Morgan fingerprint density at radius 2 is 2.06 bits per heavy atom. The van der Waals surface area contributed by atoms with E-state index in [2.05, 4.69) is 22.4 Å². The van der Waals surface area contributed by atoms with Gasteiger partial charge in [0.1, 0.15) is 5.82 Å². The zero-order chi connectivity index (χ0) is 13.6. The van der Waals surface area contributed by atoms with Gasteiger partial charge in [-0.3, -0.25) is 0 Å². The summed E-state index contributed by atoms with van der Waals surface area (Å²) in [5.74, 6) is 2.45. The number of thioether (sulfide) groups is 1. The van der Waals surface area contributed by atoms with Gasteiger partial charge in [0.05, 0.1) is 0 Å². The van der Waals surface area contributed by atoms with Crippen LogP contribution < -0.4 is 5.32 Å². The zero-order valence-corrected chi connectivity index (χ0v) is 11.1. The molecular weight excluding hydrogens is 263 g/mol. The summed E-state index contributed by atoms with van der Waals surface area (Å²) >= 11 is 1.83. The Balaban J connectivity index is 2.48. The van der Waals surface area contributed by atoms with Gasteiger partial charge in [0.25, 0.3) is 0 Å². The fourth-order valence-electron chi connectivity index (χ4n) is 1.29. The van der Waals surface area contributed by atoms with Gasteiger partial charge in [-0.2, -0.15) is 24.9 Å². The summed E-state index contributed by atoms with van der Waals surface area (Å²) in [4.78, 5) is 0. The molecule has 0 radical (unpaired) electrons. The fraction of sp³-hybridized carbons (Fsp3) is 0.636. The van der Waals surface area contributed by atoms with E-state index >= 15 is 0 Å². The molecule has 0 aliphatic rings. The number of hydrogen-bond acceptors (Lipinski definition) is 4. The number of nitrogens with one attached hydrogen (secondary N) is 1. The quantitative estimate of drug-likeness (QED) is 0.809. The second kappa shape index (κ2) is 6.82. The minimum atomic E-state index is -4.44. The number of halogens is 3. The summed E-state index contributed by atoms with van der Waals surface area (Å²) in [5.41, 5.74) is -0.970. The fourth-order valence-corrected chi connectivity index (χ4v) is 2.10. The molecule has 0 aliphatic heterocycles. The average Bonchev–Trinajstić information content (AvgIpc) is 2.29. The molecule has 1 rings (SSSR count). The lowest BCUT2D eigenvalue weighted by atomic mass is 10.2. The molecule has 7 heteroatoms. The number of anilines is 1. The van der Waals surface area contributed by atoms with Crippen molar-refractivity contribution in [3.8, 4) is 0 Å². The third-order valence-corrected chi connectivity index (χ3v) is 3.18. The van der Waals surface area contributed by atoms with Crippen molar-refractivity contribution in [3.05, 3.63) is 17.8 Å². The van der Waals surface area contributed by atoms with Crippen molar-refractivity contribution in [1.82, 2.24) is 10.2 Å². The number of alkyl halides is 3. The highest BCUT2D eigenvalue weighted by molar-refractivity contribution is 7.99. The summed E-state index contributed by atoms with van der Waals surface area (Å²) in [5, 5.41) is 9.71. The van der Waals surface area contributed by atoms with Gasteiger partial charge in [-0.05, 0) is 37.0 Å². The van der Waals surface area contributed by atoms with Crippen molar-refractivity contribution in [2.75, 3.05) is 16.8 Å². The molecule has 3 nitrogen and oxygen atoms in total. The SMILES string of the molecule is CCSCCC(C)Nc1ccc(C(F)(F)F)nn1. The van der Waals surface area contributed by atoms with E-state index in [4.69, 9.17) is 0 Å². The van der Waals surface area contributed by atoms with Crippen molar-refractivity contribution in [1.29, 1.82) is 0 Å². The molecule has 1 aromatic rings. The highest BCUT2D eigenvalue weighted by Crippen LogP contribution is 2.27. The minimum Gasteiger partial charge on any atom is -0.366 e. The van der Waals surface area contributed by atoms with Gasteiger partial charge in [-0.15, -0.1) is 10.2 Å². The van der Waals surface area contributed by atoms with Crippen LogP contribution >= 0.6 is 11.8 Å². The summed E-state index contributed by atoms with van der Waals surface area (Å²) < 4.78 is 36.8. The Labute approximate surface area is 109 Å². The minimum absolute atomic E-state index is 0.162. The topological polar surface area (TPSA) is 37.8 Å². The van der Waals surface area contributed by atoms with Crippen LogP contribution in [0.3, 0.4) is 0 Å². The molecule has 1 heterocycles. The normalized spacial score (nSPS) is 13.4. The van der Waals surface area contributed by atoms with Crippen LogP contribution in [0.2, 0.25) is 0 Å². The zero-order valence-electron chi connectivity index (χ0n) is 10.3. The maximum absolute atomic E-state index is 12.3. The summed E-state index contributed by atoms with van der Waals surface area (Å²) in [6.07, 6.45) is -3.50. The summed E-state index contributed by atoms with van der Waals surface area (Å²) in [7, 11) is 0. The molecule has 0 fully saturated rings. The highest BCUT2D eigenvalue weighted by atomic mass is 32.2. The van der Waals surface area contributed by atoms with Gasteiger partial charge in [0.2, 0.25) is 0 Å². The van der Waals surface area contributed by atoms with E-state index in [0.29, 0.717) is 5.82 Å². The molecule has 1 N–H and O–H groups in total. The number of rotatable bonds is 6. The first-order chi connectivity index (χ1) is 8.43. The molecule has 0 saturated carbocycles. The Morgan fingerprint density at radius 1 is 1.33 bits per heavy atom. The van der Waals surface area contributed by atoms with Crippen LogP contribution in [0.15, 0.2) is 12.1 Å². The molecule has 0 aliphatic carbocycles. The van der Waals surface area contributed by atoms with Crippen LogP contribution in [0.1, 0.15) is 26.0 Å². The lowest BCUT2D eigenvalue weighted by Crippen LogP contribution is -2.18. The third kappa shape index (κ3) is 5.12. The molecule has 0 amide bonds. The number of nitrogens with zero attached hydrogens (tertiary/aromatic N) is 2. The van der Waals surface area contributed by atoms with Crippen LogP contribution in [-0.2, 0) is 6.18 Å². The standard InChI is InChI=1S/C11H16F3N3S/c1-3-18-7-6-8(2)15-10-5-4-9(16-17-10)11(12,13)14/h4-5,8H,3,6-7H2,1-2H3,(H,15,17). The van der Waals surface area contributed by atoms with Gasteiger partial charge in [0.15, 0.2) is 5.69 Å². The first-order valence-corrected chi connectivity index (χ1v) is 6.84. The van der Waals surface area contributed by atoms with Crippen LogP contribution in [0.4, 0.5) is 19.0 Å². The number of hydrogen-bond donors (Lipinski definition) is 1. The molecule has 18 heavy (non-hydrogen) atoms. The Hall–Kier alpha value is -0.980. The van der Waals surface area contributed by atoms with Gasteiger partial charge in [0, 0.05) is 6.04 Å². The molecular formula is C11H16F3N3S. The molecule has 1 aromatic heterocycles. The van der Waals surface area contributed by atoms with E-state index in [9.17, 15) is 13.2 Å². The third-order valence-electron chi connectivity index (χ3n) is 2.25. The van der Waals surface area contributed by atoms with E-state index < -0.39 is 11.9 Å². The van der Waals surface area contributed by atoms with E-state index in [1.807, 2.05) is 18.7 Å². The predicted octanol–water partition coefficient (Wildman–Crippen LogP) is 3.44. The maximum atomic E-state index is 12.3. The first-order valence-electron chi connectivity index (χ1n) is 5.68. The maximum Gasteiger partial charge on any atom is 0.435 e. The molecule has 1 atom stereocenters. The van der Waals surface area contributed by atoms with Gasteiger partial charge >= 0.3 is 6.18 Å². The second-order valence-corrected chi connectivity index (χ2v) is 5.23. The monoisotopic (exact) mass is 279 g/mol.